The Labute approximate surface area is 174 Å². The van der Waals surface area contributed by atoms with Crippen LogP contribution in [0.5, 0.6) is 0 Å². The highest BCUT2D eigenvalue weighted by atomic mass is 16.5. The number of carbonyl (C=O) groups is 1. The van der Waals surface area contributed by atoms with Gasteiger partial charge in [0.25, 0.3) is 0 Å². The number of para-hydroxylation sites is 1. The number of rotatable bonds is 6. The van der Waals surface area contributed by atoms with E-state index in [9.17, 15) is 4.79 Å². The second-order valence-corrected chi connectivity index (χ2v) is 6.82. The Morgan fingerprint density at radius 2 is 1.77 bits per heavy atom. The zero-order valence-electron chi connectivity index (χ0n) is 16.8. The van der Waals surface area contributed by atoms with Crippen molar-refractivity contribution in [2.75, 3.05) is 0 Å². The van der Waals surface area contributed by atoms with Gasteiger partial charge in [-0.15, -0.1) is 0 Å². The molecule has 150 valence electrons. The Balaban J connectivity index is 1.40. The van der Waals surface area contributed by atoms with E-state index >= 15 is 0 Å². The maximum absolute atomic E-state index is 12.2. The van der Waals surface area contributed by atoms with Gasteiger partial charge in [0.05, 0.1) is 11.4 Å². The van der Waals surface area contributed by atoms with Crippen molar-refractivity contribution in [3.63, 3.8) is 0 Å². The number of hydrogen-bond donors (Lipinski definition) is 0. The SMILES string of the molecule is Cc1nn(-c2ccccc2)c(C)c1/C=C/C(=O)OCc1cc(-c2ccccc2)on1. The minimum atomic E-state index is -0.453. The molecule has 0 saturated carbocycles. The molecule has 0 aliphatic heterocycles. The van der Waals surface area contributed by atoms with E-state index in [4.69, 9.17) is 9.26 Å². The third kappa shape index (κ3) is 4.22. The van der Waals surface area contributed by atoms with Gasteiger partial charge in [0.2, 0.25) is 0 Å². The Morgan fingerprint density at radius 3 is 2.50 bits per heavy atom. The van der Waals surface area contributed by atoms with Crippen molar-refractivity contribution in [3.05, 3.63) is 95.5 Å². The van der Waals surface area contributed by atoms with Gasteiger partial charge in [0.1, 0.15) is 12.3 Å². The van der Waals surface area contributed by atoms with Gasteiger partial charge in [-0.05, 0) is 32.1 Å². The fourth-order valence-electron chi connectivity index (χ4n) is 3.18. The lowest BCUT2D eigenvalue weighted by Crippen LogP contribution is -2.01. The lowest BCUT2D eigenvalue weighted by atomic mass is 10.2. The molecule has 6 nitrogen and oxygen atoms in total. The number of aromatic nitrogens is 3. The molecule has 2 heterocycles. The van der Waals surface area contributed by atoms with E-state index < -0.39 is 5.97 Å². The highest BCUT2D eigenvalue weighted by Crippen LogP contribution is 2.21. The van der Waals surface area contributed by atoms with Gasteiger partial charge in [-0.2, -0.15) is 5.10 Å². The molecule has 2 aromatic carbocycles. The molecule has 0 fully saturated rings. The summed E-state index contributed by atoms with van der Waals surface area (Å²) in [6, 6.07) is 21.3. The van der Waals surface area contributed by atoms with Crippen LogP contribution in [0.3, 0.4) is 0 Å². The first-order valence-corrected chi connectivity index (χ1v) is 9.59. The highest BCUT2D eigenvalue weighted by molar-refractivity contribution is 5.87. The molecule has 4 aromatic rings. The molecule has 0 saturated heterocycles. The standard InChI is InChI=1S/C24H21N3O3/c1-17-22(18(2)27(25-17)21-11-7-4-8-12-21)13-14-24(28)29-16-20-15-23(30-26-20)19-9-5-3-6-10-19/h3-15H,16H2,1-2H3/b14-13+. The number of esters is 1. The minimum Gasteiger partial charge on any atom is -0.456 e. The van der Waals surface area contributed by atoms with Crippen molar-refractivity contribution in [3.8, 4) is 17.0 Å². The van der Waals surface area contributed by atoms with Crippen molar-refractivity contribution < 1.29 is 14.1 Å². The summed E-state index contributed by atoms with van der Waals surface area (Å²) < 4.78 is 12.5. The molecule has 6 heteroatoms. The van der Waals surface area contributed by atoms with Gasteiger partial charge in [0.15, 0.2) is 5.76 Å². The smallest absolute Gasteiger partial charge is 0.331 e. The molecule has 0 N–H and O–H groups in total. The van der Waals surface area contributed by atoms with Gasteiger partial charge in [-0.1, -0.05) is 53.7 Å². The normalized spacial score (nSPS) is 11.1. The van der Waals surface area contributed by atoms with Crippen LogP contribution >= 0.6 is 0 Å². The first kappa shape index (κ1) is 19.4. The second-order valence-electron chi connectivity index (χ2n) is 6.82. The molecule has 4 rings (SSSR count). The lowest BCUT2D eigenvalue weighted by molar-refractivity contribution is -0.139. The van der Waals surface area contributed by atoms with Crippen LogP contribution in [-0.2, 0) is 16.1 Å². The van der Waals surface area contributed by atoms with E-state index in [2.05, 4.69) is 10.3 Å². The third-order valence-electron chi connectivity index (χ3n) is 4.71. The number of benzene rings is 2. The molecule has 2 aromatic heterocycles. The largest absolute Gasteiger partial charge is 0.456 e. The van der Waals surface area contributed by atoms with Gasteiger partial charge in [-0.3, -0.25) is 0 Å². The van der Waals surface area contributed by atoms with Gasteiger partial charge < -0.3 is 9.26 Å². The summed E-state index contributed by atoms with van der Waals surface area (Å²) in [6.07, 6.45) is 3.14. The number of carbonyl (C=O) groups excluding carboxylic acids is 1. The van der Waals surface area contributed by atoms with E-state index in [1.54, 1.807) is 12.1 Å². The van der Waals surface area contributed by atoms with Crippen molar-refractivity contribution in [2.24, 2.45) is 0 Å². The Kier molecular flexibility index (Phi) is 5.57. The number of hydrogen-bond acceptors (Lipinski definition) is 5. The summed E-state index contributed by atoms with van der Waals surface area (Å²) in [6.45, 7) is 3.93. The maximum atomic E-state index is 12.2. The van der Waals surface area contributed by atoms with Crippen LogP contribution in [0.25, 0.3) is 23.1 Å². The van der Waals surface area contributed by atoms with Gasteiger partial charge in [-0.25, -0.2) is 9.48 Å². The van der Waals surface area contributed by atoms with Gasteiger partial charge in [0, 0.05) is 29.0 Å². The Hall–Kier alpha value is -3.93. The summed E-state index contributed by atoms with van der Waals surface area (Å²) in [5.74, 6) is 0.183. The molecule has 0 spiro atoms. The van der Waals surface area contributed by atoms with Crippen LogP contribution in [0, 0.1) is 13.8 Å². The fraction of sp³-hybridized carbons (Fsp3) is 0.125. The molecule has 0 unspecified atom stereocenters. The Morgan fingerprint density at radius 1 is 1.07 bits per heavy atom. The lowest BCUT2D eigenvalue weighted by Gasteiger charge is -2.03. The third-order valence-corrected chi connectivity index (χ3v) is 4.71. The van der Waals surface area contributed by atoms with Crippen LogP contribution in [0.15, 0.2) is 77.3 Å². The fourth-order valence-corrected chi connectivity index (χ4v) is 3.18. The van der Waals surface area contributed by atoms with Crippen LogP contribution in [0.4, 0.5) is 0 Å². The molecule has 0 atom stereocenters. The predicted octanol–water partition coefficient (Wildman–Crippen LogP) is 4.90. The highest BCUT2D eigenvalue weighted by Gasteiger charge is 2.12. The van der Waals surface area contributed by atoms with E-state index in [0.29, 0.717) is 11.5 Å². The first-order chi connectivity index (χ1) is 14.6. The summed E-state index contributed by atoms with van der Waals surface area (Å²) in [5, 5.41) is 8.53. The molecule has 0 bridgehead atoms. The number of aryl methyl sites for hydroxylation is 1. The monoisotopic (exact) mass is 399 g/mol. The summed E-state index contributed by atoms with van der Waals surface area (Å²) >= 11 is 0. The average molecular weight is 399 g/mol. The average Bonchev–Trinajstić information content (AvgIpc) is 3.37. The van der Waals surface area contributed by atoms with Gasteiger partial charge >= 0.3 is 5.97 Å². The molecule has 0 aliphatic carbocycles. The quantitative estimate of drug-likeness (QED) is 0.341. The van der Waals surface area contributed by atoms with E-state index in [1.165, 1.54) is 6.08 Å². The molecular weight excluding hydrogens is 378 g/mol. The zero-order chi connectivity index (χ0) is 20.9. The first-order valence-electron chi connectivity index (χ1n) is 9.59. The number of ether oxygens (including phenoxy) is 1. The second kappa shape index (κ2) is 8.61. The predicted molar refractivity (Wildman–Crippen MR) is 114 cm³/mol. The summed E-state index contributed by atoms with van der Waals surface area (Å²) in [7, 11) is 0. The van der Waals surface area contributed by atoms with E-state index in [-0.39, 0.29) is 6.61 Å². The molecule has 30 heavy (non-hydrogen) atoms. The van der Waals surface area contributed by atoms with Crippen LogP contribution in [0.2, 0.25) is 0 Å². The molecular formula is C24H21N3O3. The summed E-state index contributed by atoms with van der Waals surface area (Å²) in [4.78, 5) is 12.2. The topological polar surface area (TPSA) is 70.2 Å². The summed E-state index contributed by atoms with van der Waals surface area (Å²) in [5.41, 5.74) is 5.13. The van der Waals surface area contributed by atoms with E-state index in [1.807, 2.05) is 79.2 Å². The maximum Gasteiger partial charge on any atom is 0.331 e. The molecule has 0 aliphatic rings. The minimum absolute atomic E-state index is 0.0424. The van der Waals surface area contributed by atoms with Crippen LogP contribution < -0.4 is 0 Å². The molecule has 0 radical (unpaired) electrons. The van der Waals surface area contributed by atoms with Crippen molar-refractivity contribution in [2.45, 2.75) is 20.5 Å². The zero-order valence-corrected chi connectivity index (χ0v) is 16.8. The van der Waals surface area contributed by atoms with Crippen molar-refractivity contribution in [1.82, 2.24) is 14.9 Å². The van der Waals surface area contributed by atoms with Crippen LogP contribution in [-0.4, -0.2) is 20.9 Å². The Bertz CT molecular complexity index is 1180. The van der Waals surface area contributed by atoms with E-state index in [0.717, 1.165) is 28.2 Å². The number of nitrogens with zero attached hydrogens (tertiary/aromatic N) is 3. The van der Waals surface area contributed by atoms with Crippen molar-refractivity contribution >= 4 is 12.0 Å². The molecule has 0 amide bonds. The van der Waals surface area contributed by atoms with Crippen LogP contribution in [0.1, 0.15) is 22.6 Å². The van der Waals surface area contributed by atoms with Crippen molar-refractivity contribution in [1.29, 1.82) is 0 Å².